The largest absolute Gasteiger partial charge is 0.496 e. The van der Waals surface area contributed by atoms with Crippen LogP contribution in [0.1, 0.15) is 50.7 Å². The molecule has 0 heterocycles. The molecule has 1 aromatic carbocycles. The molecule has 1 aliphatic carbocycles. The van der Waals surface area contributed by atoms with E-state index in [-0.39, 0.29) is 0 Å². The first kappa shape index (κ1) is 16.2. The maximum atomic E-state index is 6.05. The summed E-state index contributed by atoms with van der Waals surface area (Å²) in [5, 5.41) is 0. The fourth-order valence-corrected chi connectivity index (χ4v) is 2.95. The average Bonchev–Trinajstić information content (AvgIpc) is 2.45. The van der Waals surface area contributed by atoms with Crippen LogP contribution in [0.2, 0.25) is 0 Å². The Hall–Kier alpha value is -1.13. The first-order valence-corrected chi connectivity index (χ1v) is 7.90. The van der Waals surface area contributed by atoms with Crippen molar-refractivity contribution in [3.8, 4) is 5.75 Å². The van der Waals surface area contributed by atoms with E-state index in [0.29, 0.717) is 28.9 Å². The molecule has 4 heteroatoms. The molecule has 1 aliphatic rings. The molecule has 0 radical (unpaired) electrons. The minimum absolute atomic E-state index is 0.355. The van der Waals surface area contributed by atoms with E-state index in [1.165, 1.54) is 12.8 Å². The Morgan fingerprint density at radius 3 is 2.57 bits per heavy atom. The molecule has 1 saturated carbocycles. The highest BCUT2D eigenvalue weighted by Gasteiger charge is 2.27. The Morgan fingerprint density at radius 2 is 2.00 bits per heavy atom. The highest BCUT2D eigenvalue weighted by molar-refractivity contribution is 7.80. The highest BCUT2D eigenvalue weighted by Crippen LogP contribution is 2.36. The van der Waals surface area contributed by atoms with Crippen molar-refractivity contribution < 1.29 is 9.47 Å². The molecule has 116 valence electrons. The van der Waals surface area contributed by atoms with Gasteiger partial charge in [0.25, 0.3) is 0 Å². The molecule has 2 N–H and O–H groups in total. The van der Waals surface area contributed by atoms with Gasteiger partial charge >= 0.3 is 0 Å². The Labute approximate surface area is 132 Å². The second-order valence-corrected chi connectivity index (χ2v) is 7.01. The standard InChI is InChI=1S/C17H25NO2S/c1-17(2)8-6-13(7-9-17)20-11-12-4-5-15(19-3)14(10-12)16(18)21/h4-5,10,13H,6-9,11H2,1-3H3,(H2,18,21). The van der Waals surface area contributed by atoms with Crippen molar-refractivity contribution in [3.05, 3.63) is 29.3 Å². The molecule has 1 aromatic rings. The topological polar surface area (TPSA) is 44.5 Å². The smallest absolute Gasteiger partial charge is 0.129 e. The normalized spacial score (nSPS) is 18.4. The van der Waals surface area contributed by atoms with Crippen molar-refractivity contribution in [2.24, 2.45) is 11.1 Å². The molecule has 0 atom stereocenters. The third-order valence-corrected chi connectivity index (χ3v) is 4.52. The zero-order valence-electron chi connectivity index (χ0n) is 13.1. The molecule has 0 saturated heterocycles. The van der Waals surface area contributed by atoms with E-state index >= 15 is 0 Å². The number of hydrogen-bond acceptors (Lipinski definition) is 3. The number of nitrogens with two attached hydrogens (primary N) is 1. The van der Waals surface area contributed by atoms with Crippen LogP contribution >= 0.6 is 12.2 Å². The van der Waals surface area contributed by atoms with E-state index in [1.54, 1.807) is 7.11 Å². The second-order valence-electron chi connectivity index (χ2n) is 6.57. The lowest BCUT2D eigenvalue weighted by Gasteiger charge is -2.34. The molecule has 0 aliphatic heterocycles. The monoisotopic (exact) mass is 307 g/mol. The summed E-state index contributed by atoms with van der Waals surface area (Å²) < 4.78 is 11.3. The minimum atomic E-state index is 0.355. The number of methoxy groups -OCH3 is 1. The number of ether oxygens (including phenoxy) is 2. The van der Waals surface area contributed by atoms with Crippen molar-refractivity contribution in [1.82, 2.24) is 0 Å². The van der Waals surface area contributed by atoms with Gasteiger partial charge in [0.15, 0.2) is 0 Å². The van der Waals surface area contributed by atoms with E-state index in [1.807, 2.05) is 18.2 Å². The molecule has 0 bridgehead atoms. The van der Waals surface area contributed by atoms with Gasteiger partial charge in [-0.15, -0.1) is 0 Å². The first-order valence-electron chi connectivity index (χ1n) is 7.49. The van der Waals surface area contributed by atoms with Gasteiger partial charge in [0.2, 0.25) is 0 Å². The number of thiocarbonyl (C=S) groups is 1. The molecule has 0 unspecified atom stereocenters. The van der Waals surface area contributed by atoms with Gasteiger partial charge < -0.3 is 15.2 Å². The maximum Gasteiger partial charge on any atom is 0.129 e. The number of hydrogen-bond donors (Lipinski definition) is 1. The number of benzene rings is 1. The highest BCUT2D eigenvalue weighted by atomic mass is 32.1. The zero-order valence-corrected chi connectivity index (χ0v) is 14.0. The Morgan fingerprint density at radius 1 is 1.33 bits per heavy atom. The van der Waals surface area contributed by atoms with Gasteiger partial charge in [0, 0.05) is 0 Å². The van der Waals surface area contributed by atoms with Crippen LogP contribution in [0, 0.1) is 5.41 Å². The third kappa shape index (κ3) is 4.42. The van der Waals surface area contributed by atoms with Crippen molar-refractivity contribution in [2.45, 2.75) is 52.2 Å². The Bertz CT molecular complexity index is 504. The van der Waals surface area contributed by atoms with Crippen molar-refractivity contribution in [2.75, 3.05) is 7.11 Å². The summed E-state index contributed by atoms with van der Waals surface area (Å²) >= 11 is 5.07. The van der Waals surface area contributed by atoms with Crippen molar-refractivity contribution >= 4 is 17.2 Å². The predicted octanol–water partition coefficient (Wildman–Crippen LogP) is 3.81. The minimum Gasteiger partial charge on any atom is -0.496 e. The number of rotatable bonds is 5. The molecular formula is C17H25NO2S. The van der Waals surface area contributed by atoms with E-state index in [2.05, 4.69) is 13.8 Å². The maximum absolute atomic E-state index is 6.05. The zero-order chi connectivity index (χ0) is 15.5. The molecule has 21 heavy (non-hydrogen) atoms. The molecule has 3 nitrogen and oxygen atoms in total. The third-order valence-electron chi connectivity index (χ3n) is 4.30. The SMILES string of the molecule is COc1ccc(COC2CCC(C)(C)CC2)cc1C(N)=S. The second kappa shape index (κ2) is 6.75. The summed E-state index contributed by atoms with van der Waals surface area (Å²) in [4.78, 5) is 0.355. The van der Waals surface area contributed by atoms with E-state index in [9.17, 15) is 0 Å². The van der Waals surface area contributed by atoms with Crippen LogP contribution in [-0.2, 0) is 11.3 Å². The quantitative estimate of drug-likeness (QED) is 0.840. The lowest BCUT2D eigenvalue weighted by atomic mass is 9.76. The van der Waals surface area contributed by atoms with Crippen LogP contribution in [0.4, 0.5) is 0 Å². The van der Waals surface area contributed by atoms with Gasteiger partial charge in [-0.3, -0.25) is 0 Å². The van der Waals surface area contributed by atoms with Crippen LogP contribution in [0.25, 0.3) is 0 Å². The molecular weight excluding hydrogens is 282 g/mol. The summed E-state index contributed by atoms with van der Waals surface area (Å²) in [6, 6.07) is 5.87. The lowest BCUT2D eigenvalue weighted by Crippen LogP contribution is -2.26. The fraction of sp³-hybridized carbons (Fsp3) is 0.588. The van der Waals surface area contributed by atoms with Gasteiger partial charge in [0.1, 0.15) is 10.7 Å². The van der Waals surface area contributed by atoms with Crippen LogP contribution in [0.15, 0.2) is 18.2 Å². The van der Waals surface area contributed by atoms with E-state index < -0.39 is 0 Å². The van der Waals surface area contributed by atoms with E-state index in [0.717, 1.165) is 24.0 Å². The molecule has 0 amide bonds. The molecule has 2 rings (SSSR count). The summed E-state index contributed by atoms with van der Waals surface area (Å²) in [6.45, 7) is 5.27. The molecule has 0 aromatic heterocycles. The summed E-state index contributed by atoms with van der Waals surface area (Å²) in [6.07, 6.45) is 5.13. The lowest BCUT2D eigenvalue weighted by molar-refractivity contribution is -0.00559. The molecule has 1 fully saturated rings. The van der Waals surface area contributed by atoms with Crippen LogP contribution in [-0.4, -0.2) is 18.2 Å². The van der Waals surface area contributed by atoms with Gasteiger partial charge in [-0.2, -0.15) is 0 Å². The summed E-state index contributed by atoms with van der Waals surface area (Å²) in [5.41, 5.74) is 8.07. The van der Waals surface area contributed by atoms with Crippen LogP contribution in [0.3, 0.4) is 0 Å². The average molecular weight is 307 g/mol. The predicted molar refractivity (Wildman–Crippen MR) is 89.7 cm³/mol. The van der Waals surface area contributed by atoms with Gasteiger partial charge in [-0.05, 0) is 48.8 Å². The fourth-order valence-electron chi connectivity index (χ4n) is 2.79. The van der Waals surface area contributed by atoms with E-state index in [4.69, 9.17) is 27.4 Å². The summed E-state index contributed by atoms with van der Waals surface area (Å²) in [7, 11) is 1.62. The van der Waals surface area contributed by atoms with Crippen LogP contribution < -0.4 is 10.5 Å². The first-order chi connectivity index (χ1) is 9.91. The summed E-state index contributed by atoms with van der Waals surface area (Å²) in [5.74, 6) is 0.714. The molecule has 0 spiro atoms. The van der Waals surface area contributed by atoms with Gasteiger partial charge in [0.05, 0.1) is 25.4 Å². The van der Waals surface area contributed by atoms with Crippen LogP contribution in [0.5, 0.6) is 5.75 Å². The van der Waals surface area contributed by atoms with Crippen molar-refractivity contribution in [1.29, 1.82) is 0 Å². The van der Waals surface area contributed by atoms with Gasteiger partial charge in [-0.1, -0.05) is 32.1 Å². The van der Waals surface area contributed by atoms with Crippen molar-refractivity contribution in [3.63, 3.8) is 0 Å². The Kier molecular flexibility index (Phi) is 5.22. The van der Waals surface area contributed by atoms with Gasteiger partial charge in [-0.25, -0.2) is 0 Å². The Balaban J connectivity index is 1.95.